The van der Waals surface area contributed by atoms with E-state index in [0.717, 1.165) is 5.56 Å². The van der Waals surface area contributed by atoms with Crippen molar-refractivity contribution in [3.8, 4) is 11.4 Å². The normalized spacial score (nSPS) is 11.0. The number of hydrogen-bond donors (Lipinski definition) is 0. The van der Waals surface area contributed by atoms with Crippen LogP contribution in [-0.4, -0.2) is 10.9 Å². The van der Waals surface area contributed by atoms with Crippen LogP contribution in [0.25, 0.3) is 5.69 Å². The maximum atomic E-state index is 12.3. The molecule has 24 heavy (non-hydrogen) atoms. The van der Waals surface area contributed by atoms with Crippen LogP contribution in [0.3, 0.4) is 0 Å². The Morgan fingerprint density at radius 1 is 1.00 bits per heavy atom. The molecule has 0 aliphatic carbocycles. The summed E-state index contributed by atoms with van der Waals surface area (Å²) in [5.74, 6) is -0.238. The van der Waals surface area contributed by atoms with Gasteiger partial charge in [-0.15, -0.1) is 13.2 Å². The van der Waals surface area contributed by atoms with Gasteiger partial charge in [-0.25, -0.2) is 9.13 Å². The van der Waals surface area contributed by atoms with Crippen molar-refractivity contribution in [1.29, 1.82) is 0 Å². The monoisotopic (exact) mass is 354 g/mol. The van der Waals surface area contributed by atoms with Gasteiger partial charge >= 0.3 is 6.36 Å². The Bertz CT molecular complexity index is 788. The smallest absolute Gasteiger partial charge is 0.573 e. The van der Waals surface area contributed by atoms with Gasteiger partial charge in [-0.1, -0.05) is 36.4 Å². The standard InChI is InChI=1S/C17H14F3N2O.ClH/c18-17(19,20)23-16-8-4-7-15(11-16)22-10-9-21(13-22)12-14-5-2-1-3-6-14;/h1-11,13H,12H2;1H/q+1;/p-1. The zero-order valence-electron chi connectivity index (χ0n) is 12.4. The van der Waals surface area contributed by atoms with Crippen molar-refractivity contribution in [3.05, 3.63) is 78.9 Å². The Balaban J connectivity index is 0.00000208. The highest BCUT2D eigenvalue weighted by Crippen LogP contribution is 2.24. The molecule has 0 fully saturated rings. The van der Waals surface area contributed by atoms with E-state index in [1.165, 1.54) is 18.2 Å². The Morgan fingerprint density at radius 2 is 1.75 bits per heavy atom. The fourth-order valence-corrected chi connectivity index (χ4v) is 2.28. The van der Waals surface area contributed by atoms with Gasteiger partial charge in [0.1, 0.15) is 30.4 Å². The van der Waals surface area contributed by atoms with E-state index in [9.17, 15) is 13.2 Å². The summed E-state index contributed by atoms with van der Waals surface area (Å²) in [6, 6.07) is 15.8. The highest BCUT2D eigenvalue weighted by atomic mass is 35.5. The van der Waals surface area contributed by atoms with Crippen LogP contribution in [0.15, 0.2) is 73.3 Å². The molecule has 1 heterocycles. The largest absolute Gasteiger partial charge is 1.00 e. The van der Waals surface area contributed by atoms with Crippen LogP contribution >= 0.6 is 0 Å². The minimum absolute atomic E-state index is 0. The molecule has 0 amide bonds. The predicted octanol–water partition coefficient (Wildman–Crippen LogP) is 0.716. The third-order valence-corrected chi connectivity index (χ3v) is 3.25. The van der Waals surface area contributed by atoms with Gasteiger partial charge in [0.2, 0.25) is 6.33 Å². The molecule has 2 aromatic carbocycles. The molecule has 0 saturated heterocycles. The Morgan fingerprint density at radius 3 is 2.46 bits per heavy atom. The molecule has 7 heteroatoms. The van der Waals surface area contributed by atoms with Gasteiger partial charge < -0.3 is 17.1 Å². The van der Waals surface area contributed by atoms with E-state index in [1.807, 2.05) is 47.4 Å². The molecule has 0 bridgehead atoms. The Hall–Kier alpha value is -2.47. The minimum Gasteiger partial charge on any atom is -1.00 e. The van der Waals surface area contributed by atoms with Crippen molar-refractivity contribution in [3.63, 3.8) is 0 Å². The van der Waals surface area contributed by atoms with Crippen LogP contribution in [0, 0.1) is 0 Å². The van der Waals surface area contributed by atoms with E-state index in [-0.39, 0.29) is 18.2 Å². The fourth-order valence-electron chi connectivity index (χ4n) is 2.28. The highest BCUT2D eigenvalue weighted by molar-refractivity contribution is 5.38. The molecule has 126 valence electrons. The van der Waals surface area contributed by atoms with Gasteiger partial charge in [-0.05, 0) is 17.7 Å². The first kappa shape index (κ1) is 17.9. The van der Waals surface area contributed by atoms with E-state index in [0.29, 0.717) is 12.2 Å². The number of nitrogens with zero attached hydrogens (tertiary/aromatic N) is 2. The number of imidazole rings is 1. The maximum Gasteiger partial charge on any atom is 0.573 e. The van der Waals surface area contributed by atoms with Crippen LogP contribution < -0.4 is 21.7 Å². The Labute approximate surface area is 143 Å². The van der Waals surface area contributed by atoms with Crippen molar-refractivity contribution >= 4 is 0 Å². The van der Waals surface area contributed by atoms with Gasteiger partial charge in [-0.3, -0.25) is 0 Å². The number of ether oxygens (including phenoxy) is 1. The average molecular weight is 355 g/mol. The molecular formula is C17H14ClF3N2O. The highest BCUT2D eigenvalue weighted by Gasteiger charge is 2.31. The molecular weight excluding hydrogens is 341 g/mol. The summed E-state index contributed by atoms with van der Waals surface area (Å²) in [6.07, 6.45) is 0.780. The minimum atomic E-state index is -4.69. The van der Waals surface area contributed by atoms with Gasteiger partial charge in [-0.2, -0.15) is 0 Å². The molecule has 0 radical (unpaired) electrons. The van der Waals surface area contributed by atoms with Crippen molar-refractivity contribution in [2.75, 3.05) is 0 Å². The third kappa shape index (κ3) is 4.76. The van der Waals surface area contributed by atoms with Crippen molar-refractivity contribution in [1.82, 2.24) is 4.57 Å². The SMILES string of the molecule is FC(F)(F)Oc1cccc(-n2cc[n+](Cc3ccccc3)c2)c1.[Cl-]. The van der Waals surface area contributed by atoms with Crippen LogP contribution in [-0.2, 0) is 6.54 Å². The van der Waals surface area contributed by atoms with E-state index in [2.05, 4.69) is 4.74 Å². The molecule has 0 N–H and O–H groups in total. The molecule has 0 aliphatic rings. The van der Waals surface area contributed by atoms with Gasteiger partial charge in [0.25, 0.3) is 0 Å². The summed E-state index contributed by atoms with van der Waals surface area (Å²) in [6.45, 7) is 0.687. The molecule has 1 aromatic heterocycles. The van der Waals surface area contributed by atoms with Gasteiger partial charge in [0, 0.05) is 6.07 Å². The van der Waals surface area contributed by atoms with Crippen LogP contribution in [0.4, 0.5) is 13.2 Å². The fraction of sp³-hybridized carbons (Fsp3) is 0.118. The quantitative estimate of drug-likeness (QED) is 0.631. The second kappa shape index (κ2) is 7.40. The predicted molar refractivity (Wildman–Crippen MR) is 78.2 cm³/mol. The first-order valence-electron chi connectivity index (χ1n) is 6.97. The van der Waals surface area contributed by atoms with E-state index in [4.69, 9.17) is 0 Å². The zero-order chi connectivity index (χ0) is 16.3. The third-order valence-electron chi connectivity index (χ3n) is 3.25. The lowest BCUT2D eigenvalue weighted by atomic mass is 10.2. The average Bonchev–Trinajstić information content (AvgIpc) is 2.95. The van der Waals surface area contributed by atoms with E-state index in [1.54, 1.807) is 16.8 Å². The van der Waals surface area contributed by atoms with Crippen molar-refractivity contribution < 1.29 is 34.9 Å². The number of aromatic nitrogens is 2. The molecule has 0 spiro atoms. The van der Waals surface area contributed by atoms with E-state index >= 15 is 0 Å². The summed E-state index contributed by atoms with van der Waals surface area (Å²) in [5.41, 5.74) is 1.74. The summed E-state index contributed by atoms with van der Waals surface area (Å²) in [7, 11) is 0. The molecule has 0 atom stereocenters. The topological polar surface area (TPSA) is 18.0 Å². The molecule has 3 rings (SSSR count). The number of benzene rings is 2. The second-order valence-corrected chi connectivity index (χ2v) is 5.02. The number of alkyl halides is 3. The first-order valence-corrected chi connectivity index (χ1v) is 6.97. The van der Waals surface area contributed by atoms with Crippen LogP contribution in [0.1, 0.15) is 5.56 Å². The maximum absolute atomic E-state index is 12.3. The molecule has 3 nitrogen and oxygen atoms in total. The number of hydrogen-bond acceptors (Lipinski definition) is 1. The molecule has 0 aliphatic heterocycles. The summed E-state index contributed by atoms with van der Waals surface area (Å²) in [5, 5.41) is 0. The van der Waals surface area contributed by atoms with E-state index < -0.39 is 6.36 Å². The van der Waals surface area contributed by atoms with Crippen LogP contribution in [0.2, 0.25) is 0 Å². The van der Waals surface area contributed by atoms with Gasteiger partial charge in [0.15, 0.2) is 0 Å². The Kier molecular flexibility index (Phi) is 5.51. The second-order valence-electron chi connectivity index (χ2n) is 5.02. The molecule has 3 aromatic rings. The zero-order valence-corrected chi connectivity index (χ0v) is 13.2. The lowest BCUT2D eigenvalue weighted by Crippen LogP contribution is -3.00. The molecule has 0 saturated carbocycles. The van der Waals surface area contributed by atoms with Crippen molar-refractivity contribution in [2.45, 2.75) is 12.9 Å². The van der Waals surface area contributed by atoms with Gasteiger partial charge in [0.05, 0.1) is 0 Å². The summed E-state index contributed by atoms with van der Waals surface area (Å²) >= 11 is 0. The lowest BCUT2D eigenvalue weighted by molar-refractivity contribution is -0.687. The molecule has 0 unspecified atom stereocenters. The lowest BCUT2D eigenvalue weighted by Gasteiger charge is -2.08. The summed E-state index contributed by atoms with van der Waals surface area (Å²) in [4.78, 5) is 0. The number of rotatable bonds is 4. The van der Waals surface area contributed by atoms with Crippen molar-refractivity contribution in [2.24, 2.45) is 0 Å². The number of halogens is 4. The first-order chi connectivity index (χ1) is 11.0. The van der Waals surface area contributed by atoms with Crippen LogP contribution in [0.5, 0.6) is 5.75 Å². The summed E-state index contributed by atoms with van der Waals surface area (Å²) < 4.78 is 44.5.